The van der Waals surface area contributed by atoms with Crippen LogP contribution in [0.3, 0.4) is 0 Å². The summed E-state index contributed by atoms with van der Waals surface area (Å²) in [6.45, 7) is -0.219. The minimum atomic E-state index is -0.546. The van der Waals surface area contributed by atoms with Crippen molar-refractivity contribution in [3.05, 3.63) is 55.2 Å². The molecule has 0 unspecified atom stereocenters. The first-order valence-corrected chi connectivity index (χ1v) is 6.88. The number of thiophene rings is 1. The molecule has 0 radical (unpaired) electrons. The van der Waals surface area contributed by atoms with Crippen molar-refractivity contribution in [1.82, 2.24) is 0 Å². The van der Waals surface area contributed by atoms with E-state index in [4.69, 9.17) is 4.74 Å². The second-order valence-corrected chi connectivity index (χ2v) is 5.42. The third kappa shape index (κ3) is 3.39. The van der Waals surface area contributed by atoms with Gasteiger partial charge in [0.1, 0.15) is 0 Å². The maximum Gasteiger partial charge on any atom is 0.312 e. The molecule has 0 N–H and O–H groups in total. The van der Waals surface area contributed by atoms with Gasteiger partial charge in [-0.15, -0.1) is 11.3 Å². The summed E-state index contributed by atoms with van der Waals surface area (Å²) in [5, 5.41) is 12.7. The fraction of sp³-hybridized carbons (Fsp3) is 0.0833. The summed E-state index contributed by atoms with van der Waals surface area (Å²) < 4.78 is 5.81. The lowest BCUT2D eigenvalue weighted by molar-refractivity contribution is -0.385. The lowest BCUT2D eigenvalue weighted by Crippen LogP contribution is -2.11. The molecule has 98 valence electrons. The van der Waals surface area contributed by atoms with Gasteiger partial charge in [0.25, 0.3) is 0 Å². The largest absolute Gasteiger partial charge is 0.478 e. The van der Waals surface area contributed by atoms with Crippen molar-refractivity contribution < 1.29 is 14.5 Å². The minimum absolute atomic E-state index is 0.0816. The van der Waals surface area contributed by atoms with E-state index in [2.05, 4.69) is 15.9 Å². The number of carbonyl (C=O) groups is 1. The molecule has 0 bridgehead atoms. The van der Waals surface area contributed by atoms with Crippen molar-refractivity contribution in [2.24, 2.45) is 0 Å². The Morgan fingerprint density at radius 3 is 2.84 bits per heavy atom. The topological polar surface area (TPSA) is 69.4 Å². The normalized spacial score (nSPS) is 10.2. The van der Waals surface area contributed by atoms with Crippen LogP contribution in [-0.4, -0.2) is 17.3 Å². The summed E-state index contributed by atoms with van der Waals surface area (Å²) in [5.41, 5.74) is -0.173. The molecule has 0 aliphatic carbocycles. The van der Waals surface area contributed by atoms with Gasteiger partial charge in [0.05, 0.1) is 9.80 Å². The Morgan fingerprint density at radius 1 is 1.42 bits per heavy atom. The molecule has 1 aromatic heterocycles. The highest BCUT2D eigenvalue weighted by Crippen LogP contribution is 2.30. The van der Waals surface area contributed by atoms with Crippen LogP contribution in [0.1, 0.15) is 9.67 Å². The van der Waals surface area contributed by atoms with E-state index < -0.39 is 4.92 Å². The maximum absolute atomic E-state index is 11.7. The molecule has 0 aliphatic rings. The highest BCUT2D eigenvalue weighted by Gasteiger charge is 2.17. The Bertz CT molecular complexity index is 612. The van der Waals surface area contributed by atoms with Crippen LogP contribution in [-0.2, 0) is 0 Å². The third-order valence-electron chi connectivity index (χ3n) is 2.27. The molecule has 0 saturated carbocycles. The number of hydrogen-bond donors (Lipinski definition) is 0. The van der Waals surface area contributed by atoms with Gasteiger partial charge < -0.3 is 4.74 Å². The summed E-state index contributed by atoms with van der Waals surface area (Å²) in [4.78, 5) is 22.6. The Hall–Kier alpha value is -1.73. The number of benzene rings is 1. The fourth-order valence-corrected chi connectivity index (χ4v) is 2.41. The number of nitro groups is 1. The predicted octanol–water partition coefficient (Wildman–Crippen LogP) is 3.68. The van der Waals surface area contributed by atoms with E-state index in [9.17, 15) is 14.9 Å². The number of hydrogen-bond acceptors (Lipinski definition) is 5. The summed E-state index contributed by atoms with van der Waals surface area (Å²) in [7, 11) is 0. The van der Waals surface area contributed by atoms with Gasteiger partial charge in [-0.1, -0.05) is 22.0 Å². The molecular weight excluding hydrogens is 334 g/mol. The molecule has 1 heterocycles. The lowest BCUT2D eigenvalue weighted by atomic mass is 10.3. The van der Waals surface area contributed by atoms with Crippen LogP contribution >= 0.6 is 27.3 Å². The van der Waals surface area contributed by atoms with Gasteiger partial charge in [-0.3, -0.25) is 14.9 Å². The van der Waals surface area contributed by atoms with Gasteiger partial charge in [0, 0.05) is 10.5 Å². The zero-order valence-corrected chi connectivity index (χ0v) is 11.9. The molecule has 0 atom stereocenters. The minimum Gasteiger partial charge on any atom is -0.478 e. The van der Waals surface area contributed by atoms with Crippen molar-refractivity contribution >= 4 is 38.7 Å². The van der Waals surface area contributed by atoms with Crippen LogP contribution in [0.2, 0.25) is 0 Å². The van der Waals surface area contributed by atoms with E-state index in [0.717, 1.165) is 0 Å². The second-order valence-electron chi connectivity index (χ2n) is 3.56. The van der Waals surface area contributed by atoms with Crippen LogP contribution < -0.4 is 4.74 Å². The zero-order valence-electron chi connectivity index (χ0n) is 9.54. The smallest absolute Gasteiger partial charge is 0.312 e. The van der Waals surface area contributed by atoms with E-state index in [1.807, 2.05) is 0 Å². The van der Waals surface area contributed by atoms with Crippen molar-refractivity contribution in [2.75, 3.05) is 6.61 Å². The molecular formula is C12H8BrNO4S. The number of Topliss-reactive ketones (excluding diaryl/α,β-unsaturated/α-hetero) is 1. The molecule has 7 heteroatoms. The quantitative estimate of drug-likeness (QED) is 0.472. The van der Waals surface area contributed by atoms with Crippen LogP contribution in [0.4, 0.5) is 5.69 Å². The molecule has 0 amide bonds. The second kappa shape index (κ2) is 5.94. The summed E-state index contributed by atoms with van der Waals surface area (Å²) in [6.07, 6.45) is 0. The van der Waals surface area contributed by atoms with Crippen LogP contribution in [0, 0.1) is 10.1 Å². The maximum atomic E-state index is 11.7. The molecule has 2 rings (SSSR count). The summed E-state index contributed by atoms with van der Waals surface area (Å²) in [6, 6.07) is 7.87. The number of nitrogens with zero attached hydrogens (tertiary/aromatic N) is 1. The van der Waals surface area contributed by atoms with Crippen LogP contribution in [0.25, 0.3) is 0 Å². The van der Waals surface area contributed by atoms with Gasteiger partial charge in [-0.05, 0) is 23.6 Å². The average Bonchev–Trinajstić information content (AvgIpc) is 2.90. The molecule has 0 saturated heterocycles. The van der Waals surface area contributed by atoms with E-state index in [-0.39, 0.29) is 23.8 Å². The fourth-order valence-electron chi connectivity index (χ4n) is 1.41. The van der Waals surface area contributed by atoms with E-state index in [0.29, 0.717) is 9.35 Å². The van der Waals surface area contributed by atoms with Gasteiger partial charge >= 0.3 is 5.69 Å². The number of ketones is 1. The highest BCUT2D eigenvalue weighted by molar-refractivity contribution is 9.10. The monoisotopic (exact) mass is 341 g/mol. The van der Waals surface area contributed by atoms with Crippen molar-refractivity contribution in [3.8, 4) is 5.75 Å². The van der Waals surface area contributed by atoms with E-state index >= 15 is 0 Å². The van der Waals surface area contributed by atoms with Gasteiger partial charge in [0.2, 0.25) is 5.78 Å². The highest BCUT2D eigenvalue weighted by atomic mass is 79.9. The van der Waals surface area contributed by atoms with Crippen LogP contribution in [0.15, 0.2) is 40.2 Å². The van der Waals surface area contributed by atoms with Crippen molar-refractivity contribution in [1.29, 1.82) is 0 Å². The van der Waals surface area contributed by atoms with Crippen molar-refractivity contribution in [2.45, 2.75) is 0 Å². The predicted molar refractivity (Wildman–Crippen MR) is 74.9 cm³/mol. The molecule has 0 spiro atoms. The summed E-state index contributed by atoms with van der Waals surface area (Å²) >= 11 is 4.46. The standard InChI is InChI=1S/C12H8BrNO4S/c13-8-3-4-11(9(6-8)14(16)17)18-7-10(15)12-2-1-5-19-12/h1-6H,7H2. The first kappa shape index (κ1) is 13.7. The lowest BCUT2D eigenvalue weighted by Gasteiger charge is -2.05. The molecule has 5 nitrogen and oxygen atoms in total. The number of halogens is 1. The van der Waals surface area contributed by atoms with Crippen LogP contribution in [0.5, 0.6) is 5.75 Å². The molecule has 0 aliphatic heterocycles. The first-order chi connectivity index (χ1) is 9.08. The first-order valence-electron chi connectivity index (χ1n) is 5.21. The Morgan fingerprint density at radius 2 is 2.21 bits per heavy atom. The number of rotatable bonds is 5. The SMILES string of the molecule is O=C(COc1ccc(Br)cc1[N+](=O)[O-])c1cccs1. The summed E-state index contributed by atoms with van der Waals surface area (Å²) in [5.74, 6) is -0.120. The Balaban J connectivity index is 2.11. The molecule has 1 aromatic carbocycles. The van der Waals surface area contributed by atoms with Gasteiger partial charge in [0.15, 0.2) is 12.4 Å². The van der Waals surface area contributed by atoms with Gasteiger partial charge in [-0.2, -0.15) is 0 Å². The molecule has 2 aromatic rings. The average molecular weight is 342 g/mol. The zero-order chi connectivity index (χ0) is 13.8. The van der Waals surface area contributed by atoms with E-state index in [1.54, 1.807) is 23.6 Å². The molecule has 19 heavy (non-hydrogen) atoms. The molecule has 0 fully saturated rings. The Labute approximate surface area is 121 Å². The Kier molecular flexibility index (Phi) is 4.28. The number of nitro benzene ring substituents is 1. The third-order valence-corrected chi connectivity index (χ3v) is 3.68. The van der Waals surface area contributed by atoms with Gasteiger partial charge in [-0.25, -0.2) is 0 Å². The number of carbonyl (C=O) groups excluding carboxylic acids is 1. The van der Waals surface area contributed by atoms with Crippen molar-refractivity contribution in [3.63, 3.8) is 0 Å². The number of ether oxygens (including phenoxy) is 1. The van der Waals surface area contributed by atoms with E-state index in [1.165, 1.54) is 23.5 Å².